The number of rotatable bonds is 5. The Balaban J connectivity index is 2.61. The molecular formula is C12H16BrClN2O2. The maximum Gasteiger partial charge on any atom is 0.258 e. The van der Waals surface area contributed by atoms with Crippen LogP contribution < -0.4 is 15.8 Å². The molecule has 1 rings (SSSR count). The molecular weight excluding hydrogens is 320 g/mol. The molecule has 0 aliphatic rings. The van der Waals surface area contributed by atoms with Crippen molar-refractivity contribution in [2.75, 3.05) is 12.3 Å². The molecule has 0 fully saturated rings. The average Bonchev–Trinajstić information content (AvgIpc) is 2.27. The van der Waals surface area contributed by atoms with Crippen LogP contribution in [0.2, 0.25) is 5.02 Å². The lowest BCUT2D eigenvalue weighted by atomic mass is 10.2. The molecule has 0 heterocycles. The summed E-state index contributed by atoms with van der Waals surface area (Å²) in [6.45, 7) is 3.86. The van der Waals surface area contributed by atoms with Crippen LogP contribution in [0.1, 0.15) is 20.3 Å². The molecule has 4 nitrogen and oxygen atoms in total. The van der Waals surface area contributed by atoms with Gasteiger partial charge in [0.1, 0.15) is 0 Å². The van der Waals surface area contributed by atoms with Crippen molar-refractivity contribution in [3.63, 3.8) is 0 Å². The molecule has 100 valence electrons. The molecule has 1 aromatic rings. The number of amides is 1. The molecule has 0 aliphatic carbocycles. The second-order valence-electron chi connectivity index (χ2n) is 3.97. The minimum Gasteiger partial charge on any atom is -0.480 e. The number of nitrogens with two attached hydrogens (primary N) is 1. The third-order valence-corrected chi connectivity index (χ3v) is 3.21. The molecule has 1 unspecified atom stereocenters. The van der Waals surface area contributed by atoms with Crippen LogP contribution >= 0.6 is 27.5 Å². The first-order valence-corrected chi connectivity index (χ1v) is 6.77. The van der Waals surface area contributed by atoms with Gasteiger partial charge in [-0.1, -0.05) is 18.5 Å². The first-order chi connectivity index (χ1) is 8.43. The van der Waals surface area contributed by atoms with Gasteiger partial charge in [0.15, 0.2) is 12.4 Å². The molecule has 0 aromatic heterocycles. The minimum absolute atomic E-state index is 0.0746. The van der Waals surface area contributed by atoms with Crippen molar-refractivity contribution in [1.82, 2.24) is 5.32 Å². The van der Waals surface area contributed by atoms with Crippen molar-refractivity contribution in [2.24, 2.45) is 0 Å². The lowest BCUT2D eigenvalue weighted by Crippen LogP contribution is -2.35. The van der Waals surface area contributed by atoms with Gasteiger partial charge >= 0.3 is 0 Å². The zero-order valence-electron chi connectivity index (χ0n) is 10.3. The van der Waals surface area contributed by atoms with Crippen LogP contribution in [0.15, 0.2) is 16.6 Å². The normalized spacial score (nSPS) is 12.0. The van der Waals surface area contributed by atoms with Crippen LogP contribution in [0, 0.1) is 0 Å². The first kappa shape index (κ1) is 15.1. The van der Waals surface area contributed by atoms with Crippen LogP contribution in [-0.2, 0) is 4.79 Å². The number of hydrogen-bond acceptors (Lipinski definition) is 3. The number of ether oxygens (including phenoxy) is 1. The van der Waals surface area contributed by atoms with E-state index in [2.05, 4.69) is 21.2 Å². The summed E-state index contributed by atoms with van der Waals surface area (Å²) >= 11 is 9.12. The van der Waals surface area contributed by atoms with Crippen molar-refractivity contribution < 1.29 is 9.53 Å². The monoisotopic (exact) mass is 334 g/mol. The molecule has 1 aromatic carbocycles. The summed E-state index contributed by atoms with van der Waals surface area (Å²) in [5, 5.41) is 3.31. The molecule has 18 heavy (non-hydrogen) atoms. The molecule has 0 saturated heterocycles. The molecule has 6 heteroatoms. The fourth-order valence-corrected chi connectivity index (χ4v) is 2.24. The molecule has 1 atom stereocenters. The van der Waals surface area contributed by atoms with E-state index >= 15 is 0 Å². The van der Waals surface area contributed by atoms with Crippen LogP contribution in [0.3, 0.4) is 0 Å². The fourth-order valence-electron chi connectivity index (χ4n) is 1.29. The Labute approximate surface area is 120 Å². The predicted molar refractivity (Wildman–Crippen MR) is 77.0 cm³/mol. The summed E-state index contributed by atoms with van der Waals surface area (Å²) in [5.41, 5.74) is 6.16. The average molecular weight is 336 g/mol. The SMILES string of the molecule is CCC(C)NC(=O)COc1c(N)cc(Cl)cc1Br. The van der Waals surface area contributed by atoms with E-state index in [4.69, 9.17) is 22.1 Å². The number of nitrogen functional groups attached to an aromatic ring is 1. The van der Waals surface area contributed by atoms with Crippen LogP contribution in [0.25, 0.3) is 0 Å². The van der Waals surface area contributed by atoms with Crippen molar-refractivity contribution >= 4 is 39.1 Å². The topological polar surface area (TPSA) is 64.3 Å². The Morgan fingerprint density at radius 1 is 1.61 bits per heavy atom. The Kier molecular flexibility index (Phi) is 5.75. The molecule has 3 N–H and O–H groups in total. The van der Waals surface area contributed by atoms with Crippen LogP contribution in [0.5, 0.6) is 5.75 Å². The summed E-state index contributed by atoms with van der Waals surface area (Å²) in [5.74, 6) is 0.254. The van der Waals surface area contributed by atoms with Gasteiger partial charge in [-0.25, -0.2) is 0 Å². The number of hydrogen-bond donors (Lipinski definition) is 2. The van der Waals surface area contributed by atoms with Gasteiger partial charge in [0.2, 0.25) is 0 Å². The van der Waals surface area contributed by atoms with E-state index in [-0.39, 0.29) is 18.6 Å². The summed E-state index contributed by atoms with van der Waals surface area (Å²) in [7, 11) is 0. The minimum atomic E-state index is -0.175. The van der Waals surface area contributed by atoms with Gasteiger partial charge in [0.25, 0.3) is 5.91 Å². The predicted octanol–water partition coefficient (Wildman–Crippen LogP) is 2.98. The highest BCUT2D eigenvalue weighted by molar-refractivity contribution is 9.10. The molecule has 1 amide bonds. The van der Waals surface area contributed by atoms with E-state index < -0.39 is 0 Å². The zero-order valence-corrected chi connectivity index (χ0v) is 12.6. The van der Waals surface area contributed by atoms with Crippen LogP contribution in [0.4, 0.5) is 5.69 Å². The van der Waals surface area contributed by atoms with E-state index in [0.29, 0.717) is 20.9 Å². The highest BCUT2D eigenvalue weighted by Crippen LogP contribution is 2.34. The summed E-state index contributed by atoms with van der Waals surface area (Å²) in [4.78, 5) is 11.6. The number of carbonyl (C=O) groups excluding carboxylic acids is 1. The largest absolute Gasteiger partial charge is 0.480 e. The lowest BCUT2D eigenvalue weighted by molar-refractivity contribution is -0.123. The van der Waals surface area contributed by atoms with Gasteiger partial charge in [-0.05, 0) is 41.4 Å². The number of benzene rings is 1. The molecule has 0 spiro atoms. The zero-order chi connectivity index (χ0) is 13.7. The van der Waals surface area contributed by atoms with E-state index in [1.54, 1.807) is 12.1 Å². The Bertz CT molecular complexity index is 417. The summed E-state index contributed by atoms with van der Waals surface area (Å²) < 4.78 is 6.02. The van der Waals surface area contributed by atoms with Gasteiger partial charge in [-0.15, -0.1) is 0 Å². The smallest absolute Gasteiger partial charge is 0.258 e. The van der Waals surface area contributed by atoms with E-state index in [0.717, 1.165) is 6.42 Å². The number of nitrogens with one attached hydrogen (secondary N) is 1. The standard InChI is InChI=1S/C12H16BrClN2O2/c1-3-7(2)16-11(17)6-18-12-9(13)4-8(14)5-10(12)15/h4-5,7H,3,6,15H2,1-2H3,(H,16,17). The van der Waals surface area contributed by atoms with Crippen molar-refractivity contribution in [2.45, 2.75) is 26.3 Å². The van der Waals surface area contributed by atoms with Gasteiger partial charge in [0, 0.05) is 11.1 Å². The fraction of sp³-hybridized carbons (Fsp3) is 0.417. The van der Waals surface area contributed by atoms with Crippen LogP contribution in [-0.4, -0.2) is 18.6 Å². The maximum absolute atomic E-state index is 11.6. The Morgan fingerprint density at radius 3 is 2.83 bits per heavy atom. The summed E-state index contributed by atoms with van der Waals surface area (Å²) in [6, 6.07) is 3.38. The maximum atomic E-state index is 11.6. The Morgan fingerprint density at radius 2 is 2.28 bits per heavy atom. The van der Waals surface area contributed by atoms with E-state index in [9.17, 15) is 4.79 Å². The van der Waals surface area contributed by atoms with Gasteiger partial charge < -0.3 is 15.8 Å². The molecule has 0 radical (unpaired) electrons. The van der Waals surface area contributed by atoms with Gasteiger partial charge in [-0.2, -0.15) is 0 Å². The van der Waals surface area contributed by atoms with Crippen molar-refractivity contribution in [1.29, 1.82) is 0 Å². The summed E-state index contributed by atoms with van der Waals surface area (Å²) in [6.07, 6.45) is 0.874. The first-order valence-electron chi connectivity index (χ1n) is 5.60. The second-order valence-corrected chi connectivity index (χ2v) is 5.26. The molecule has 0 saturated carbocycles. The highest BCUT2D eigenvalue weighted by Gasteiger charge is 2.11. The van der Waals surface area contributed by atoms with E-state index in [1.807, 2.05) is 13.8 Å². The number of carbonyl (C=O) groups is 1. The highest BCUT2D eigenvalue weighted by atomic mass is 79.9. The van der Waals surface area contributed by atoms with Gasteiger partial charge in [-0.3, -0.25) is 4.79 Å². The molecule has 0 aliphatic heterocycles. The Hall–Kier alpha value is -0.940. The van der Waals surface area contributed by atoms with E-state index in [1.165, 1.54) is 0 Å². The van der Waals surface area contributed by atoms with Crippen molar-refractivity contribution in [3.8, 4) is 5.75 Å². The third-order valence-electron chi connectivity index (χ3n) is 2.40. The lowest BCUT2D eigenvalue weighted by Gasteiger charge is -2.14. The van der Waals surface area contributed by atoms with Crippen molar-refractivity contribution in [3.05, 3.63) is 21.6 Å². The number of anilines is 1. The number of halogens is 2. The second kappa shape index (κ2) is 6.85. The third kappa shape index (κ3) is 4.38. The van der Waals surface area contributed by atoms with Gasteiger partial charge in [0.05, 0.1) is 10.2 Å². The quantitative estimate of drug-likeness (QED) is 0.813. The molecule has 0 bridgehead atoms.